The van der Waals surface area contributed by atoms with Gasteiger partial charge in [0.25, 0.3) is 0 Å². The first-order valence-electron chi connectivity index (χ1n) is 4.69. The monoisotopic (exact) mass is 266 g/mol. The van der Waals surface area contributed by atoms with E-state index in [4.69, 9.17) is 0 Å². The fourth-order valence-corrected chi connectivity index (χ4v) is 4.71. The SMILES string of the molecule is CCC(=O)C[S+]1CCC(C)(C)C1.[Br-]. The molecule has 0 saturated carbocycles. The smallest absolute Gasteiger partial charge is 0.181 e. The van der Waals surface area contributed by atoms with Crippen LogP contribution in [0.15, 0.2) is 0 Å². The van der Waals surface area contributed by atoms with Crippen molar-refractivity contribution < 1.29 is 21.8 Å². The maximum atomic E-state index is 11.2. The number of carbonyl (C=O) groups is 1. The van der Waals surface area contributed by atoms with Crippen molar-refractivity contribution in [1.82, 2.24) is 0 Å². The summed E-state index contributed by atoms with van der Waals surface area (Å²) in [6.07, 6.45) is 2.04. The predicted molar refractivity (Wildman–Crippen MR) is 55.7 cm³/mol. The first-order chi connectivity index (χ1) is 5.53. The van der Waals surface area contributed by atoms with Gasteiger partial charge in [0.05, 0.1) is 0 Å². The molecule has 0 radical (unpaired) electrons. The Morgan fingerprint density at radius 3 is 2.46 bits per heavy atom. The maximum absolute atomic E-state index is 11.2. The zero-order valence-corrected chi connectivity index (χ0v) is 11.1. The van der Waals surface area contributed by atoms with Gasteiger partial charge in [-0.2, -0.15) is 0 Å². The summed E-state index contributed by atoms with van der Waals surface area (Å²) in [6.45, 7) is 6.60. The van der Waals surface area contributed by atoms with Gasteiger partial charge in [-0.3, -0.25) is 4.79 Å². The molecule has 0 spiro atoms. The molecule has 1 fully saturated rings. The van der Waals surface area contributed by atoms with Gasteiger partial charge in [-0.25, -0.2) is 0 Å². The van der Waals surface area contributed by atoms with Crippen LogP contribution in [0.2, 0.25) is 0 Å². The van der Waals surface area contributed by atoms with E-state index in [1.165, 1.54) is 17.9 Å². The van der Waals surface area contributed by atoms with Crippen molar-refractivity contribution in [3.05, 3.63) is 0 Å². The van der Waals surface area contributed by atoms with Crippen molar-refractivity contribution in [2.24, 2.45) is 5.41 Å². The molecule has 13 heavy (non-hydrogen) atoms. The number of hydrogen-bond donors (Lipinski definition) is 0. The second-order valence-electron chi connectivity index (χ2n) is 4.41. The number of rotatable bonds is 3. The topological polar surface area (TPSA) is 17.1 Å². The molecule has 0 amide bonds. The summed E-state index contributed by atoms with van der Waals surface area (Å²) in [5.74, 6) is 3.88. The van der Waals surface area contributed by atoms with Crippen LogP contribution < -0.4 is 17.0 Å². The molecule has 0 aromatic heterocycles. The molecule has 1 heterocycles. The van der Waals surface area contributed by atoms with E-state index in [-0.39, 0.29) is 17.0 Å². The Labute approximate surface area is 94.8 Å². The third-order valence-corrected chi connectivity index (χ3v) is 5.12. The largest absolute Gasteiger partial charge is 1.00 e. The predicted octanol–water partition coefficient (Wildman–Crippen LogP) is -0.982. The average Bonchev–Trinajstić information content (AvgIpc) is 2.30. The van der Waals surface area contributed by atoms with E-state index in [1.807, 2.05) is 6.92 Å². The maximum Gasteiger partial charge on any atom is 0.181 e. The molecule has 0 aromatic carbocycles. The van der Waals surface area contributed by atoms with Crippen LogP contribution in [-0.2, 0) is 15.7 Å². The highest BCUT2D eigenvalue weighted by molar-refractivity contribution is 7.97. The van der Waals surface area contributed by atoms with E-state index < -0.39 is 0 Å². The molecule has 1 unspecified atom stereocenters. The molecule has 0 bridgehead atoms. The lowest BCUT2D eigenvalue weighted by Crippen LogP contribution is -3.00. The fourth-order valence-electron chi connectivity index (χ4n) is 1.57. The molecular formula is C10H19BrOS. The Morgan fingerprint density at radius 2 is 2.08 bits per heavy atom. The summed E-state index contributed by atoms with van der Waals surface area (Å²) in [6, 6.07) is 0. The van der Waals surface area contributed by atoms with Crippen LogP contribution in [0.1, 0.15) is 33.6 Å². The number of halogens is 1. The highest BCUT2D eigenvalue weighted by Crippen LogP contribution is 2.32. The lowest BCUT2D eigenvalue weighted by atomic mass is 9.94. The van der Waals surface area contributed by atoms with Crippen molar-refractivity contribution in [3.8, 4) is 0 Å². The quantitative estimate of drug-likeness (QED) is 0.601. The van der Waals surface area contributed by atoms with Crippen molar-refractivity contribution in [3.63, 3.8) is 0 Å². The average molecular weight is 267 g/mol. The summed E-state index contributed by atoms with van der Waals surface area (Å²) in [4.78, 5) is 11.2. The van der Waals surface area contributed by atoms with Gasteiger partial charge < -0.3 is 17.0 Å². The summed E-state index contributed by atoms with van der Waals surface area (Å²) in [5, 5.41) is 0. The van der Waals surface area contributed by atoms with E-state index >= 15 is 0 Å². The minimum absolute atomic E-state index is 0. The molecule has 0 N–H and O–H groups in total. The first kappa shape index (κ1) is 13.5. The summed E-state index contributed by atoms with van der Waals surface area (Å²) >= 11 is 0. The Balaban J connectivity index is 0.00000144. The molecule has 1 aliphatic heterocycles. The van der Waals surface area contributed by atoms with Crippen LogP contribution in [0, 0.1) is 5.41 Å². The van der Waals surface area contributed by atoms with Crippen molar-refractivity contribution in [2.45, 2.75) is 33.6 Å². The zero-order chi connectivity index (χ0) is 9.19. The third kappa shape index (κ3) is 4.50. The van der Waals surface area contributed by atoms with Crippen LogP contribution in [-0.4, -0.2) is 23.0 Å². The van der Waals surface area contributed by atoms with Crippen LogP contribution in [0.25, 0.3) is 0 Å². The Kier molecular flexibility index (Phi) is 5.61. The third-order valence-electron chi connectivity index (χ3n) is 2.42. The molecule has 1 atom stereocenters. The number of carbonyl (C=O) groups excluding carboxylic acids is 1. The van der Waals surface area contributed by atoms with Crippen LogP contribution in [0.4, 0.5) is 0 Å². The summed E-state index contributed by atoms with van der Waals surface area (Å²) in [7, 11) is 0.424. The second kappa shape index (κ2) is 5.40. The lowest BCUT2D eigenvalue weighted by molar-refractivity contribution is -0.116. The van der Waals surface area contributed by atoms with E-state index in [2.05, 4.69) is 13.8 Å². The van der Waals surface area contributed by atoms with Crippen LogP contribution in [0.5, 0.6) is 0 Å². The number of hydrogen-bond acceptors (Lipinski definition) is 1. The lowest BCUT2D eigenvalue weighted by Gasteiger charge is -2.10. The molecule has 0 aromatic rings. The van der Waals surface area contributed by atoms with Gasteiger partial charge in [-0.15, -0.1) is 0 Å². The fraction of sp³-hybridized carbons (Fsp3) is 0.900. The first-order valence-corrected chi connectivity index (χ1v) is 6.42. The molecular weight excluding hydrogens is 248 g/mol. The van der Waals surface area contributed by atoms with Gasteiger partial charge in [0.2, 0.25) is 0 Å². The van der Waals surface area contributed by atoms with E-state index in [0.717, 1.165) is 12.2 Å². The van der Waals surface area contributed by atoms with Gasteiger partial charge in [0, 0.05) is 18.3 Å². The molecule has 0 aliphatic carbocycles. The van der Waals surface area contributed by atoms with Crippen molar-refractivity contribution >= 4 is 16.7 Å². The van der Waals surface area contributed by atoms with Gasteiger partial charge in [0.1, 0.15) is 11.5 Å². The Bertz CT molecular complexity index is 180. The van der Waals surface area contributed by atoms with Crippen molar-refractivity contribution in [2.75, 3.05) is 17.3 Å². The Hall–Kier alpha value is 0.500. The van der Waals surface area contributed by atoms with E-state index in [9.17, 15) is 4.79 Å². The molecule has 3 heteroatoms. The molecule has 1 nitrogen and oxygen atoms in total. The zero-order valence-electron chi connectivity index (χ0n) is 8.73. The molecule has 1 aliphatic rings. The molecule has 1 saturated heterocycles. The second-order valence-corrected chi connectivity index (χ2v) is 6.62. The van der Waals surface area contributed by atoms with Gasteiger partial charge in [0.15, 0.2) is 11.5 Å². The summed E-state index contributed by atoms with van der Waals surface area (Å²) in [5.41, 5.74) is 0.511. The van der Waals surface area contributed by atoms with Gasteiger partial charge >= 0.3 is 0 Å². The Morgan fingerprint density at radius 1 is 1.46 bits per heavy atom. The van der Waals surface area contributed by atoms with Crippen LogP contribution in [0.3, 0.4) is 0 Å². The van der Waals surface area contributed by atoms with E-state index in [0.29, 0.717) is 22.1 Å². The highest BCUT2D eigenvalue weighted by Gasteiger charge is 2.39. The van der Waals surface area contributed by atoms with E-state index in [1.54, 1.807) is 0 Å². The van der Waals surface area contributed by atoms with Gasteiger partial charge in [-0.05, 0) is 10.9 Å². The minimum Gasteiger partial charge on any atom is -1.00 e. The normalized spacial score (nSPS) is 25.3. The minimum atomic E-state index is 0. The van der Waals surface area contributed by atoms with Crippen LogP contribution >= 0.6 is 0 Å². The highest BCUT2D eigenvalue weighted by atomic mass is 79.9. The molecule has 78 valence electrons. The number of Topliss-reactive ketones (excluding diaryl/α,β-unsaturated/α-hetero) is 1. The van der Waals surface area contributed by atoms with Gasteiger partial charge in [-0.1, -0.05) is 20.8 Å². The standard InChI is InChI=1S/C10H19OS.BrH/c1-4-9(11)7-12-6-5-10(2,3)8-12;/h4-8H2,1-3H3;1H/q+1;/p-1. The van der Waals surface area contributed by atoms with Crippen molar-refractivity contribution in [1.29, 1.82) is 0 Å². The summed E-state index contributed by atoms with van der Waals surface area (Å²) < 4.78 is 0. The number of ketones is 1. The molecule has 1 rings (SSSR count).